The van der Waals surface area contributed by atoms with Gasteiger partial charge in [-0.15, -0.1) is 0 Å². The first-order chi connectivity index (χ1) is 18.4. The Kier molecular flexibility index (Phi) is 6.54. The third-order valence-electron chi connectivity index (χ3n) is 6.71. The molecule has 2 fully saturated rings. The van der Waals surface area contributed by atoms with E-state index in [0.29, 0.717) is 22.5 Å². The smallest absolute Gasteiger partial charge is 0.341 e. The number of amides is 3. The second-order valence-electron chi connectivity index (χ2n) is 9.01. The Labute approximate surface area is 215 Å². The van der Waals surface area contributed by atoms with Gasteiger partial charge in [0.2, 0.25) is 5.95 Å². The predicted molar refractivity (Wildman–Crippen MR) is 120 cm³/mol. The lowest BCUT2D eigenvalue weighted by Crippen LogP contribution is -2.57. The van der Waals surface area contributed by atoms with Crippen LogP contribution in [-0.2, 0) is 17.5 Å². The molecule has 3 amide bonds. The van der Waals surface area contributed by atoms with E-state index in [1.807, 2.05) is 0 Å². The van der Waals surface area contributed by atoms with Gasteiger partial charge in [0.25, 0.3) is 18.8 Å². The minimum atomic E-state index is -4.75. The molecule has 5 heterocycles. The molecule has 208 valence electrons. The summed E-state index contributed by atoms with van der Waals surface area (Å²) in [6.45, 7) is -1.68. The Balaban J connectivity index is 1.41. The quantitative estimate of drug-likeness (QED) is 0.336. The number of halogens is 7. The van der Waals surface area contributed by atoms with Gasteiger partial charge in [0, 0.05) is 19.3 Å². The lowest BCUT2D eigenvalue weighted by Gasteiger charge is -2.42. The van der Waals surface area contributed by atoms with Crippen LogP contribution in [0.15, 0.2) is 30.7 Å². The first-order valence-electron chi connectivity index (χ1n) is 11.6. The number of carbonyl (C=O) groups is 2. The summed E-state index contributed by atoms with van der Waals surface area (Å²) in [6.07, 6.45) is -7.22. The molecule has 2 aliphatic rings. The van der Waals surface area contributed by atoms with E-state index in [-0.39, 0.29) is 43.2 Å². The summed E-state index contributed by atoms with van der Waals surface area (Å²) in [5.74, 6) is -0.727. The number of hydrogen-bond acceptors (Lipinski definition) is 7. The topological polar surface area (TPSA) is 100 Å². The molecule has 0 N–H and O–H groups in total. The van der Waals surface area contributed by atoms with Crippen LogP contribution in [0.4, 0.5) is 47.2 Å². The molecule has 0 aliphatic carbocycles. The van der Waals surface area contributed by atoms with Gasteiger partial charge in [0.15, 0.2) is 5.65 Å². The van der Waals surface area contributed by atoms with E-state index in [4.69, 9.17) is 0 Å². The van der Waals surface area contributed by atoms with Gasteiger partial charge in [-0.2, -0.15) is 23.3 Å². The van der Waals surface area contributed by atoms with E-state index >= 15 is 0 Å². The molecular formula is C22H19F7N8O2. The predicted octanol–water partition coefficient (Wildman–Crippen LogP) is 3.58. The molecule has 0 atom stereocenters. The van der Waals surface area contributed by atoms with Crippen molar-refractivity contribution < 1.29 is 40.3 Å². The molecule has 0 radical (unpaired) electrons. The molecule has 17 heteroatoms. The zero-order valence-corrected chi connectivity index (χ0v) is 19.8. The van der Waals surface area contributed by atoms with E-state index in [0.717, 1.165) is 15.6 Å². The lowest BCUT2D eigenvalue weighted by atomic mass is 9.86. The third kappa shape index (κ3) is 4.69. The first-order valence-corrected chi connectivity index (χ1v) is 11.6. The van der Waals surface area contributed by atoms with Crippen LogP contribution >= 0.6 is 0 Å². The van der Waals surface area contributed by atoms with Gasteiger partial charge in [-0.25, -0.2) is 41.9 Å². The number of piperidine rings is 1. The minimum absolute atomic E-state index is 0.0341. The molecule has 5 rings (SSSR count). The molecule has 3 aromatic rings. The summed E-state index contributed by atoms with van der Waals surface area (Å²) in [4.78, 5) is 41.4. The van der Waals surface area contributed by atoms with E-state index in [1.54, 1.807) is 4.90 Å². The monoisotopic (exact) mass is 560 g/mol. The number of imide groups is 1. The normalized spacial score (nSPS) is 18.0. The summed E-state index contributed by atoms with van der Waals surface area (Å²) in [7, 11) is 0. The van der Waals surface area contributed by atoms with Crippen LogP contribution in [0.25, 0.3) is 11.0 Å². The summed E-state index contributed by atoms with van der Waals surface area (Å²) < 4.78 is 92.5. The number of carbonyl (C=O) groups excluding carboxylic acids is 2. The number of fused-ring (bicyclic) bond motifs is 1. The second-order valence-corrected chi connectivity index (χ2v) is 9.01. The molecule has 1 spiro atoms. The number of alkyl halides is 7. The minimum Gasteiger partial charge on any atom is -0.341 e. The van der Waals surface area contributed by atoms with Gasteiger partial charge in [-0.1, -0.05) is 0 Å². The standard InChI is InChI=1S/C22H19F7N8O2/c23-15(24)10-35-20(39)37(13-1-2-14(30-9-13)22(27,28)29)18(38)21(35)3-5-34(6-4-21)19-31-7-12-8-32-36(11-16(25)26)17(12)33-19/h1-2,7-9,15-16H,3-6,10-11H2. The molecule has 3 aromatic heterocycles. The van der Waals surface area contributed by atoms with Crippen molar-refractivity contribution >= 4 is 34.6 Å². The molecule has 0 unspecified atom stereocenters. The van der Waals surface area contributed by atoms with Crippen molar-refractivity contribution in [2.45, 2.75) is 44.0 Å². The SMILES string of the molecule is O=C1N(c2ccc(C(F)(F)F)nc2)C(=O)C2(CCN(c3ncc4cnn(CC(F)F)c4n3)CC2)N1CC(F)F. The molecular weight excluding hydrogens is 541 g/mol. The summed E-state index contributed by atoms with van der Waals surface area (Å²) in [5.41, 5.74) is -3.05. The van der Waals surface area contributed by atoms with Crippen LogP contribution in [0.5, 0.6) is 0 Å². The van der Waals surface area contributed by atoms with Crippen molar-refractivity contribution in [1.82, 2.24) is 29.6 Å². The number of hydrogen-bond donors (Lipinski definition) is 0. The van der Waals surface area contributed by atoms with Crippen molar-refractivity contribution in [2.24, 2.45) is 0 Å². The highest BCUT2D eigenvalue weighted by Crippen LogP contribution is 2.40. The molecule has 0 saturated carbocycles. The lowest BCUT2D eigenvalue weighted by molar-refractivity contribution is -0.141. The maximum atomic E-state index is 13.5. The van der Waals surface area contributed by atoms with Crippen LogP contribution in [0, 0.1) is 0 Å². The average molecular weight is 560 g/mol. The summed E-state index contributed by atoms with van der Waals surface area (Å²) >= 11 is 0. The Morgan fingerprint density at radius 1 is 0.923 bits per heavy atom. The first kappa shape index (κ1) is 26.6. The maximum absolute atomic E-state index is 13.5. The fourth-order valence-electron chi connectivity index (χ4n) is 4.85. The van der Waals surface area contributed by atoms with Crippen molar-refractivity contribution in [1.29, 1.82) is 0 Å². The fourth-order valence-corrected chi connectivity index (χ4v) is 4.85. The van der Waals surface area contributed by atoms with Crippen LogP contribution in [0.3, 0.4) is 0 Å². The van der Waals surface area contributed by atoms with Gasteiger partial charge in [0.1, 0.15) is 17.8 Å². The van der Waals surface area contributed by atoms with Crippen molar-refractivity contribution in [3.8, 4) is 0 Å². The molecule has 2 aliphatic heterocycles. The highest BCUT2D eigenvalue weighted by Gasteiger charge is 2.59. The highest BCUT2D eigenvalue weighted by atomic mass is 19.4. The number of urea groups is 1. The number of anilines is 2. The largest absolute Gasteiger partial charge is 0.433 e. The summed E-state index contributed by atoms with van der Waals surface area (Å²) in [5, 5.41) is 4.30. The molecule has 2 saturated heterocycles. The molecule has 10 nitrogen and oxygen atoms in total. The van der Waals surface area contributed by atoms with Crippen molar-refractivity contribution in [2.75, 3.05) is 29.4 Å². The van der Waals surface area contributed by atoms with Crippen LogP contribution in [0.1, 0.15) is 18.5 Å². The maximum Gasteiger partial charge on any atom is 0.433 e. The van der Waals surface area contributed by atoms with Crippen LogP contribution in [-0.4, -0.2) is 79.6 Å². The van der Waals surface area contributed by atoms with Gasteiger partial charge in [-0.3, -0.25) is 4.79 Å². The van der Waals surface area contributed by atoms with E-state index in [2.05, 4.69) is 20.1 Å². The summed E-state index contributed by atoms with van der Waals surface area (Å²) in [6, 6.07) is 0.378. The zero-order chi connectivity index (χ0) is 28.1. The molecule has 39 heavy (non-hydrogen) atoms. The van der Waals surface area contributed by atoms with Gasteiger partial charge < -0.3 is 9.80 Å². The van der Waals surface area contributed by atoms with Crippen LogP contribution in [0.2, 0.25) is 0 Å². The van der Waals surface area contributed by atoms with Crippen molar-refractivity contribution in [3.63, 3.8) is 0 Å². The molecule has 0 bridgehead atoms. The fraction of sp³-hybridized carbons (Fsp3) is 0.455. The third-order valence-corrected chi connectivity index (χ3v) is 6.71. The Bertz CT molecular complexity index is 1390. The van der Waals surface area contributed by atoms with Crippen LogP contribution < -0.4 is 9.80 Å². The Morgan fingerprint density at radius 3 is 2.21 bits per heavy atom. The average Bonchev–Trinajstić information content (AvgIpc) is 3.35. The number of rotatable bonds is 6. The second kappa shape index (κ2) is 9.60. The van der Waals surface area contributed by atoms with Gasteiger partial charge in [-0.05, 0) is 25.0 Å². The molecule has 0 aromatic carbocycles. The van der Waals surface area contributed by atoms with Gasteiger partial charge in [0.05, 0.1) is 30.0 Å². The van der Waals surface area contributed by atoms with E-state index in [1.165, 1.54) is 12.4 Å². The van der Waals surface area contributed by atoms with E-state index < -0.39 is 55.3 Å². The zero-order valence-electron chi connectivity index (χ0n) is 19.8. The van der Waals surface area contributed by atoms with Gasteiger partial charge >= 0.3 is 12.2 Å². The Morgan fingerprint density at radius 2 is 1.62 bits per heavy atom. The van der Waals surface area contributed by atoms with E-state index in [9.17, 15) is 40.3 Å². The highest BCUT2D eigenvalue weighted by molar-refractivity contribution is 6.23. The van der Waals surface area contributed by atoms with Crippen molar-refractivity contribution in [3.05, 3.63) is 36.4 Å². The number of nitrogens with zero attached hydrogens (tertiary/aromatic N) is 8. The Hall–Kier alpha value is -4.05. The number of pyridine rings is 1. The number of aromatic nitrogens is 5.